The average molecular weight is 354 g/mol. The first-order valence-corrected chi connectivity index (χ1v) is 9.18. The van der Waals surface area contributed by atoms with Crippen molar-refractivity contribution in [3.8, 4) is 0 Å². The summed E-state index contributed by atoms with van der Waals surface area (Å²) in [5, 5.41) is 2.77. The number of ether oxygens (including phenoxy) is 1. The second-order valence-corrected chi connectivity index (χ2v) is 7.10. The van der Waals surface area contributed by atoms with Crippen molar-refractivity contribution in [2.75, 3.05) is 11.5 Å². The minimum Gasteiger partial charge on any atom is -0.462 e. The third-order valence-electron chi connectivity index (χ3n) is 4.32. The van der Waals surface area contributed by atoms with Crippen LogP contribution in [0.2, 0.25) is 5.28 Å². The molecule has 0 aromatic carbocycles. The Bertz CT molecular complexity index is 723. The number of rotatable bonds is 3. The second kappa shape index (κ2) is 6.61. The SMILES string of the molecule is CCOC(=O)c1csc2nc(Cl)nc(N3C(C)CCCC3C)c12. The van der Waals surface area contributed by atoms with E-state index in [-0.39, 0.29) is 11.3 Å². The molecular formula is C16H20ClN3O2S. The standard InChI is InChI=1S/C16H20ClN3O2S/c1-4-22-15(21)11-8-23-14-12(11)13(18-16(17)19-14)20-9(2)6-5-7-10(20)3/h8-10H,4-7H2,1-3H3. The van der Waals surface area contributed by atoms with Crippen LogP contribution in [-0.2, 0) is 4.74 Å². The Balaban J connectivity index is 2.18. The minimum atomic E-state index is -0.330. The fourth-order valence-corrected chi connectivity index (χ4v) is 4.40. The summed E-state index contributed by atoms with van der Waals surface area (Å²) in [4.78, 5) is 24.0. The molecule has 0 bridgehead atoms. The molecule has 0 spiro atoms. The largest absolute Gasteiger partial charge is 0.462 e. The third-order valence-corrected chi connectivity index (χ3v) is 5.36. The Labute approximate surface area is 144 Å². The fourth-order valence-electron chi connectivity index (χ4n) is 3.28. The van der Waals surface area contributed by atoms with Crippen molar-refractivity contribution in [2.45, 2.75) is 52.1 Å². The van der Waals surface area contributed by atoms with Crippen LogP contribution in [0.3, 0.4) is 0 Å². The number of piperidine rings is 1. The molecule has 23 heavy (non-hydrogen) atoms. The quantitative estimate of drug-likeness (QED) is 0.608. The minimum absolute atomic E-state index is 0.217. The lowest BCUT2D eigenvalue weighted by molar-refractivity contribution is 0.0529. The Morgan fingerprint density at radius 1 is 1.39 bits per heavy atom. The van der Waals surface area contributed by atoms with E-state index in [0.717, 1.165) is 28.9 Å². The number of nitrogens with zero attached hydrogens (tertiary/aromatic N) is 3. The van der Waals surface area contributed by atoms with Crippen LogP contribution in [-0.4, -0.2) is 34.6 Å². The summed E-state index contributed by atoms with van der Waals surface area (Å²) < 4.78 is 5.18. The molecule has 1 aliphatic heterocycles. The monoisotopic (exact) mass is 353 g/mol. The predicted molar refractivity (Wildman–Crippen MR) is 93.6 cm³/mol. The van der Waals surface area contributed by atoms with E-state index in [1.165, 1.54) is 17.8 Å². The van der Waals surface area contributed by atoms with Crippen molar-refractivity contribution in [2.24, 2.45) is 0 Å². The molecule has 2 aromatic heterocycles. The van der Waals surface area contributed by atoms with Gasteiger partial charge in [0.25, 0.3) is 0 Å². The molecule has 2 aromatic rings. The number of aromatic nitrogens is 2. The number of esters is 1. The lowest BCUT2D eigenvalue weighted by Gasteiger charge is -2.40. The van der Waals surface area contributed by atoms with E-state index in [1.807, 2.05) is 0 Å². The van der Waals surface area contributed by atoms with Crippen LogP contribution in [0.4, 0.5) is 5.82 Å². The molecule has 2 atom stereocenters. The van der Waals surface area contributed by atoms with E-state index in [9.17, 15) is 4.79 Å². The van der Waals surface area contributed by atoms with Gasteiger partial charge in [0.05, 0.1) is 17.6 Å². The van der Waals surface area contributed by atoms with Gasteiger partial charge in [-0.1, -0.05) is 0 Å². The smallest absolute Gasteiger partial charge is 0.339 e. The summed E-state index contributed by atoms with van der Waals surface area (Å²) in [5.41, 5.74) is 0.531. The van der Waals surface area contributed by atoms with Gasteiger partial charge in [-0.05, 0) is 51.6 Å². The van der Waals surface area contributed by atoms with Gasteiger partial charge in [-0.2, -0.15) is 4.98 Å². The summed E-state index contributed by atoms with van der Waals surface area (Å²) in [6.07, 6.45) is 3.41. The molecule has 0 saturated carbocycles. The lowest BCUT2D eigenvalue weighted by Crippen LogP contribution is -2.44. The van der Waals surface area contributed by atoms with Gasteiger partial charge in [0.15, 0.2) is 0 Å². The summed E-state index contributed by atoms with van der Waals surface area (Å²) in [6.45, 7) is 6.52. The van der Waals surface area contributed by atoms with Gasteiger partial charge < -0.3 is 9.64 Å². The van der Waals surface area contributed by atoms with Crippen LogP contribution in [0.5, 0.6) is 0 Å². The maximum absolute atomic E-state index is 12.3. The molecule has 0 amide bonds. The summed E-state index contributed by atoms with van der Waals surface area (Å²) in [7, 11) is 0. The highest BCUT2D eigenvalue weighted by Gasteiger charge is 2.30. The molecule has 1 saturated heterocycles. The van der Waals surface area contributed by atoms with Crippen molar-refractivity contribution in [1.29, 1.82) is 0 Å². The van der Waals surface area contributed by atoms with Gasteiger partial charge in [-0.25, -0.2) is 9.78 Å². The highest BCUT2D eigenvalue weighted by Crippen LogP contribution is 2.37. The third kappa shape index (κ3) is 3.02. The van der Waals surface area contributed by atoms with Crippen molar-refractivity contribution < 1.29 is 9.53 Å². The van der Waals surface area contributed by atoms with Gasteiger partial charge in [0.1, 0.15) is 10.6 Å². The van der Waals surface area contributed by atoms with Gasteiger partial charge in [-0.15, -0.1) is 11.3 Å². The number of anilines is 1. The van der Waals surface area contributed by atoms with E-state index < -0.39 is 0 Å². The normalized spacial score (nSPS) is 21.7. The number of carbonyl (C=O) groups is 1. The van der Waals surface area contributed by atoms with Gasteiger partial charge >= 0.3 is 5.97 Å². The zero-order chi connectivity index (χ0) is 16.6. The molecule has 2 unspecified atom stereocenters. The number of fused-ring (bicyclic) bond motifs is 1. The highest BCUT2D eigenvalue weighted by atomic mass is 35.5. The van der Waals surface area contributed by atoms with E-state index in [4.69, 9.17) is 16.3 Å². The number of carbonyl (C=O) groups excluding carboxylic acids is 1. The zero-order valence-electron chi connectivity index (χ0n) is 13.5. The van der Waals surface area contributed by atoms with E-state index in [1.54, 1.807) is 12.3 Å². The number of halogens is 1. The summed E-state index contributed by atoms with van der Waals surface area (Å²) >= 11 is 7.53. The van der Waals surface area contributed by atoms with Crippen LogP contribution < -0.4 is 4.90 Å². The van der Waals surface area contributed by atoms with Crippen LogP contribution >= 0.6 is 22.9 Å². The summed E-state index contributed by atoms with van der Waals surface area (Å²) in [6, 6.07) is 0.700. The lowest BCUT2D eigenvalue weighted by atomic mass is 9.97. The molecule has 124 valence electrons. The Morgan fingerprint density at radius 2 is 2.09 bits per heavy atom. The maximum Gasteiger partial charge on any atom is 0.339 e. The number of hydrogen-bond donors (Lipinski definition) is 0. The van der Waals surface area contributed by atoms with Gasteiger partial charge in [0.2, 0.25) is 5.28 Å². The van der Waals surface area contributed by atoms with Crippen molar-refractivity contribution in [1.82, 2.24) is 9.97 Å². The highest BCUT2D eigenvalue weighted by molar-refractivity contribution is 7.17. The van der Waals surface area contributed by atoms with Gasteiger partial charge in [-0.3, -0.25) is 0 Å². The molecule has 3 heterocycles. The second-order valence-electron chi connectivity index (χ2n) is 5.90. The summed E-state index contributed by atoms with van der Waals surface area (Å²) in [5.74, 6) is 0.423. The first kappa shape index (κ1) is 16.5. The first-order chi connectivity index (χ1) is 11.0. The molecule has 0 N–H and O–H groups in total. The van der Waals surface area contributed by atoms with Crippen LogP contribution in [0.15, 0.2) is 5.38 Å². The Morgan fingerprint density at radius 3 is 2.74 bits per heavy atom. The maximum atomic E-state index is 12.3. The molecule has 1 fully saturated rings. The number of hydrogen-bond acceptors (Lipinski definition) is 6. The van der Waals surface area contributed by atoms with Crippen LogP contribution in [0.1, 0.15) is 50.4 Å². The topological polar surface area (TPSA) is 55.3 Å². The molecule has 5 nitrogen and oxygen atoms in total. The molecule has 0 radical (unpaired) electrons. The van der Waals surface area contributed by atoms with Crippen molar-refractivity contribution in [3.63, 3.8) is 0 Å². The molecule has 0 aliphatic carbocycles. The molecular weight excluding hydrogens is 334 g/mol. The Hall–Kier alpha value is -1.40. The zero-order valence-corrected chi connectivity index (χ0v) is 15.1. The van der Waals surface area contributed by atoms with E-state index in [0.29, 0.717) is 24.3 Å². The molecule has 7 heteroatoms. The van der Waals surface area contributed by atoms with Crippen molar-refractivity contribution in [3.05, 3.63) is 16.2 Å². The molecule has 3 rings (SSSR count). The average Bonchev–Trinajstić information content (AvgIpc) is 2.91. The van der Waals surface area contributed by atoms with Crippen LogP contribution in [0, 0.1) is 0 Å². The Kier molecular flexibility index (Phi) is 4.73. The first-order valence-electron chi connectivity index (χ1n) is 7.93. The molecule has 1 aliphatic rings. The van der Waals surface area contributed by atoms with Gasteiger partial charge in [0, 0.05) is 17.5 Å². The number of thiophene rings is 1. The van der Waals surface area contributed by atoms with Crippen molar-refractivity contribution >= 4 is 44.9 Å². The van der Waals surface area contributed by atoms with E-state index >= 15 is 0 Å². The fraction of sp³-hybridized carbons (Fsp3) is 0.562. The predicted octanol–water partition coefficient (Wildman–Crippen LogP) is 4.29. The van der Waals surface area contributed by atoms with Crippen LogP contribution in [0.25, 0.3) is 10.2 Å². The van der Waals surface area contributed by atoms with E-state index in [2.05, 4.69) is 28.7 Å².